The molecule has 2 heterocycles. The van der Waals surface area contributed by atoms with E-state index in [0.29, 0.717) is 18.2 Å². The van der Waals surface area contributed by atoms with Crippen molar-refractivity contribution < 1.29 is 22.4 Å². The predicted molar refractivity (Wildman–Crippen MR) is 151 cm³/mol. The molecule has 1 saturated carbocycles. The van der Waals surface area contributed by atoms with Gasteiger partial charge in [-0.3, -0.25) is 0 Å². The molecule has 0 radical (unpaired) electrons. The van der Waals surface area contributed by atoms with Crippen molar-refractivity contribution >= 4 is 21.6 Å². The van der Waals surface area contributed by atoms with Crippen molar-refractivity contribution in [2.75, 3.05) is 40.4 Å². The predicted octanol–water partition coefficient (Wildman–Crippen LogP) is 3.74. The number of benzene rings is 2. The van der Waals surface area contributed by atoms with Gasteiger partial charge in [-0.05, 0) is 68.6 Å². The number of piperidine rings is 1. The lowest BCUT2D eigenvalue weighted by Gasteiger charge is -2.39. The van der Waals surface area contributed by atoms with Crippen LogP contribution in [0.3, 0.4) is 0 Å². The molecule has 40 heavy (non-hydrogen) atoms. The zero-order valence-corrected chi connectivity index (χ0v) is 24.4. The fourth-order valence-electron chi connectivity index (χ4n) is 5.45. The molecule has 216 valence electrons. The summed E-state index contributed by atoms with van der Waals surface area (Å²) in [5.74, 6) is 2.08. The Labute approximate surface area is 240 Å². The third kappa shape index (κ3) is 6.28. The van der Waals surface area contributed by atoms with Crippen LogP contribution in [-0.4, -0.2) is 69.9 Å². The quantitative estimate of drug-likeness (QED) is 0.304. The maximum absolute atomic E-state index is 13.1. The van der Waals surface area contributed by atoms with Gasteiger partial charge in [0, 0.05) is 30.2 Å². The van der Waals surface area contributed by atoms with Gasteiger partial charge in [-0.25, -0.2) is 13.1 Å². The van der Waals surface area contributed by atoms with Gasteiger partial charge in [-0.1, -0.05) is 35.3 Å². The van der Waals surface area contributed by atoms with Crippen molar-refractivity contribution in [1.82, 2.24) is 25.1 Å². The maximum atomic E-state index is 13.1. The van der Waals surface area contributed by atoms with E-state index in [0.717, 1.165) is 69.1 Å². The summed E-state index contributed by atoms with van der Waals surface area (Å²) in [6.45, 7) is 3.72. The van der Waals surface area contributed by atoms with Crippen LogP contribution in [0, 0.1) is 0 Å². The Morgan fingerprint density at radius 3 is 2.50 bits per heavy atom. The molecule has 3 aromatic rings. The molecule has 2 aromatic carbocycles. The fourth-order valence-corrected chi connectivity index (χ4v) is 7.06. The van der Waals surface area contributed by atoms with E-state index in [1.807, 2.05) is 12.1 Å². The second-order valence-electron chi connectivity index (χ2n) is 10.4. The Balaban J connectivity index is 1.07. The summed E-state index contributed by atoms with van der Waals surface area (Å²) in [5.41, 5.74) is 0.993. The number of rotatable bonds is 12. The minimum atomic E-state index is -3.75. The number of hydrogen-bond acceptors (Lipinski definition) is 9. The van der Waals surface area contributed by atoms with Gasteiger partial charge >= 0.3 is 0 Å². The van der Waals surface area contributed by atoms with Crippen LogP contribution in [0.2, 0.25) is 5.02 Å². The van der Waals surface area contributed by atoms with E-state index in [1.165, 1.54) is 25.8 Å². The molecule has 0 spiro atoms. The van der Waals surface area contributed by atoms with Crippen molar-refractivity contribution in [2.24, 2.45) is 0 Å². The van der Waals surface area contributed by atoms with Crippen LogP contribution in [-0.2, 0) is 22.0 Å². The van der Waals surface area contributed by atoms with Gasteiger partial charge in [-0.2, -0.15) is 4.98 Å². The topological polar surface area (TPSA) is 119 Å². The smallest absolute Gasteiger partial charge is 0.244 e. The lowest BCUT2D eigenvalue weighted by molar-refractivity contribution is 0.206. The van der Waals surface area contributed by atoms with E-state index in [1.54, 1.807) is 12.1 Å². The van der Waals surface area contributed by atoms with E-state index in [4.69, 9.17) is 30.6 Å². The SMILES string of the molecule is COc1ccc(OC)c(S(=O)(=O)NC2CCN(CCNCc3nc(C4(c5ccc(Cl)cc5)CCC4)no3)CC2)c1. The van der Waals surface area contributed by atoms with Crippen molar-refractivity contribution in [3.63, 3.8) is 0 Å². The lowest BCUT2D eigenvalue weighted by Crippen LogP contribution is -2.46. The van der Waals surface area contributed by atoms with Gasteiger partial charge in [0.05, 0.1) is 26.2 Å². The second-order valence-corrected chi connectivity index (χ2v) is 12.5. The Kier molecular flexibility index (Phi) is 8.96. The van der Waals surface area contributed by atoms with Gasteiger partial charge in [0.1, 0.15) is 16.4 Å². The van der Waals surface area contributed by atoms with Crippen molar-refractivity contribution in [3.05, 3.63) is 64.8 Å². The van der Waals surface area contributed by atoms with Gasteiger partial charge in [0.25, 0.3) is 0 Å². The summed E-state index contributed by atoms with van der Waals surface area (Å²) in [4.78, 5) is 7.12. The number of sulfonamides is 1. The van der Waals surface area contributed by atoms with E-state index in [2.05, 4.69) is 32.2 Å². The number of ether oxygens (including phenoxy) is 2. The number of nitrogens with one attached hydrogen (secondary N) is 2. The van der Waals surface area contributed by atoms with Crippen LogP contribution in [0.15, 0.2) is 51.9 Å². The summed E-state index contributed by atoms with van der Waals surface area (Å²) in [6.07, 6.45) is 4.59. The molecule has 0 bridgehead atoms. The number of likely N-dealkylation sites (tertiary alicyclic amines) is 1. The molecule has 1 saturated heterocycles. The number of methoxy groups -OCH3 is 2. The Morgan fingerprint density at radius 1 is 1.10 bits per heavy atom. The minimum absolute atomic E-state index is 0.0848. The normalized spacial score (nSPS) is 17.9. The highest BCUT2D eigenvalue weighted by Crippen LogP contribution is 2.47. The van der Waals surface area contributed by atoms with Gasteiger partial charge < -0.3 is 24.2 Å². The Hall–Kier alpha value is -2.70. The summed E-state index contributed by atoms with van der Waals surface area (Å²) in [7, 11) is -0.787. The Bertz CT molecular complexity index is 1390. The largest absolute Gasteiger partial charge is 0.497 e. The second kappa shape index (κ2) is 12.4. The number of halogens is 1. The lowest BCUT2D eigenvalue weighted by atomic mass is 9.64. The summed E-state index contributed by atoms with van der Waals surface area (Å²) < 4.78 is 45.0. The van der Waals surface area contributed by atoms with Crippen LogP contribution in [0.4, 0.5) is 0 Å². The third-order valence-corrected chi connectivity index (χ3v) is 9.74. The number of nitrogens with zero attached hydrogens (tertiary/aromatic N) is 3. The standard InChI is InChI=1S/C28H36ClN5O5S/c1-37-23-8-9-24(38-2)25(18-23)40(35,36)33-22-10-15-34(16-11-22)17-14-30-19-26-31-27(32-39-26)28(12-3-13-28)20-4-6-21(29)7-5-20/h4-9,18,22,30,33H,3,10-17,19H2,1-2H3. The molecule has 2 fully saturated rings. The molecule has 0 unspecified atom stereocenters. The molecule has 1 aliphatic carbocycles. The third-order valence-electron chi connectivity index (χ3n) is 7.95. The van der Waals surface area contributed by atoms with Crippen LogP contribution in [0.25, 0.3) is 0 Å². The Morgan fingerprint density at radius 2 is 1.85 bits per heavy atom. The number of aromatic nitrogens is 2. The van der Waals surface area contributed by atoms with Gasteiger partial charge in [-0.15, -0.1) is 0 Å². The first-order valence-corrected chi connectivity index (χ1v) is 15.5. The van der Waals surface area contributed by atoms with E-state index < -0.39 is 10.0 Å². The molecule has 1 aliphatic heterocycles. The molecule has 2 N–H and O–H groups in total. The first-order chi connectivity index (χ1) is 19.3. The van der Waals surface area contributed by atoms with E-state index in [-0.39, 0.29) is 22.1 Å². The average Bonchev–Trinajstić information content (AvgIpc) is 3.40. The summed E-state index contributed by atoms with van der Waals surface area (Å²) >= 11 is 6.08. The van der Waals surface area contributed by atoms with Gasteiger partial charge in [0.15, 0.2) is 5.82 Å². The molecular weight excluding hydrogens is 554 g/mol. The molecular formula is C28H36ClN5O5S. The highest BCUT2D eigenvalue weighted by atomic mass is 35.5. The maximum Gasteiger partial charge on any atom is 0.244 e. The van der Waals surface area contributed by atoms with Crippen molar-refractivity contribution in [3.8, 4) is 11.5 Å². The molecule has 10 nitrogen and oxygen atoms in total. The summed E-state index contributed by atoms with van der Waals surface area (Å²) in [5, 5.41) is 8.43. The highest BCUT2D eigenvalue weighted by Gasteiger charge is 2.44. The number of hydrogen-bond donors (Lipinski definition) is 2. The van der Waals surface area contributed by atoms with Crippen molar-refractivity contribution in [1.29, 1.82) is 0 Å². The van der Waals surface area contributed by atoms with Crippen LogP contribution in [0.1, 0.15) is 49.4 Å². The molecule has 12 heteroatoms. The first-order valence-electron chi connectivity index (χ1n) is 13.6. The van der Waals surface area contributed by atoms with E-state index >= 15 is 0 Å². The van der Waals surface area contributed by atoms with Crippen LogP contribution in [0.5, 0.6) is 11.5 Å². The first kappa shape index (κ1) is 28.8. The molecule has 5 rings (SSSR count). The molecule has 0 amide bonds. The highest BCUT2D eigenvalue weighted by molar-refractivity contribution is 7.89. The zero-order valence-electron chi connectivity index (χ0n) is 22.9. The van der Waals surface area contributed by atoms with Crippen LogP contribution >= 0.6 is 11.6 Å². The fraction of sp³-hybridized carbons (Fsp3) is 0.500. The monoisotopic (exact) mass is 589 g/mol. The van der Waals surface area contributed by atoms with E-state index in [9.17, 15) is 8.42 Å². The summed E-state index contributed by atoms with van der Waals surface area (Å²) in [6, 6.07) is 12.6. The molecule has 0 atom stereocenters. The zero-order chi connectivity index (χ0) is 28.2. The molecule has 1 aromatic heterocycles. The average molecular weight is 590 g/mol. The van der Waals surface area contributed by atoms with Gasteiger partial charge in [0.2, 0.25) is 15.9 Å². The minimum Gasteiger partial charge on any atom is -0.497 e. The molecule has 2 aliphatic rings. The van der Waals surface area contributed by atoms with Crippen molar-refractivity contribution in [2.45, 2.75) is 55.0 Å². The van der Waals surface area contributed by atoms with Crippen LogP contribution < -0.4 is 19.5 Å².